The summed E-state index contributed by atoms with van der Waals surface area (Å²) in [6.07, 6.45) is 3.18. The lowest BCUT2D eigenvalue weighted by Gasteiger charge is -2.22. The maximum absolute atomic E-state index is 13.5. The number of benzene rings is 2. The van der Waals surface area contributed by atoms with Gasteiger partial charge in [-0.15, -0.1) is 0 Å². The van der Waals surface area contributed by atoms with Crippen LogP contribution in [0.15, 0.2) is 79.1 Å². The fourth-order valence-electron chi connectivity index (χ4n) is 3.97. The number of aromatic nitrogens is 2. The van der Waals surface area contributed by atoms with E-state index in [1.807, 2.05) is 62.4 Å². The lowest BCUT2D eigenvalue weighted by molar-refractivity contribution is 0.0984. The number of anilines is 4. The number of carbonyl (C=O) groups excluding carboxylic acids is 2. The Labute approximate surface area is 197 Å². The number of rotatable bonds is 3. The standard InChI is InChI=1S/C27H23N5O2/c1-17-9-10-18(2)21(14-17)26(33)31-24-12-11-19(15-29-24)27(34)32-16-20-6-3-4-7-22(20)30-25-23(32)8-5-13-28-25/h3-15H,16H2,1-2H3,(H,28,30)(H,29,31,33). The van der Waals surface area contributed by atoms with E-state index in [9.17, 15) is 9.59 Å². The maximum atomic E-state index is 13.5. The van der Waals surface area contributed by atoms with E-state index in [1.54, 1.807) is 29.3 Å². The highest BCUT2D eigenvalue weighted by atomic mass is 16.2. The van der Waals surface area contributed by atoms with Crippen molar-refractivity contribution >= 4 is 34.8 Å². The number of nitrogens with one attached hydrogen (secondary N) is 2. The topological polar surface area (TPSA) is 87.2 Å². The van der Waals surface area contributed by atoms with Gasteiger partial charge >= 0.3 is 0 Å². The van der Waals surface area contributed by atoms with E-state index in [-0.39, 0.29) is 11.8 Å². The zero-order valence-corrected chi connectivity index (χ0v) is 18.9. The van der Waals surface area contributed by atoms with Gasteiger partial charge in [0.15, 0.2) is 5.82 Å². The Kier molecular flexibility index (Phi) is 5.51. The minimum atomic E-state index is -0.233. The zero-order chi connectivity index (χ0) is 23.7. The molecule has 0 saturated carbocycles. The van der Waals surface area contributed by atoms with Crippen LogP contribution in [0, 0.1) is 13.8 Å². The van der Waals surface area contributed by atoms with E-state index in [4.69, 9.17) is 0 Å². The predicted molar refractivity (Wildman–Crippen MR) is 133 cm³/mol. The van der Waals surface area contributed by atoms with Crippen LogP contribution >= 0.6 is 0 Å². The molecule has 34 heavy (non-hydrogen) atoms. The average Bonchev–Trinajstić information content (AvgIpc) is 3.02. The third-order valence-electron chi connectivity index (χ3n) is 5.81. The van der Waals surface area contributed by atoms with E-state index in [0.717, 1.165) is 22.4 Å². The summed E-state index contributed by atoms with van der Waals surface area (Å²) in [6, 6.07) is 20.6. The number of hydrogen-bond acceptors (Lipinski definition) is 5. The van der Waals surface area contributed by atoms with Crippen LogP contribution in [0.25, 0.3) is 0 Å². The smallest absolute Gasteiger partial charge is 0.260 e. The van der Waals surface area contributed by atoms with Crippen LogP contribution in [0.3, 0.4) is 0 Å². The third kappa shape index (κ3) is 4.11. The molecule has 5 rings (SSSR count). The second kappa shape index (κ2) is 8.78. The fraction of sp³-hybridized carbons (Fsp3) is 0.111. The van der Waals surface area contributed by atoms with Gasteiger partial charge in [-0.3, -0.25) is 9.59 Å². The predicted octanol–water partition coefficient (Wildman–Crippen LogP) is 5.25. The Morgan fingerprint density at radius 1 is 0.971 bits per heavy atom. The van der Waals surface area contributed by atoms with Crippen LogP contribution in [0.4, 0.5) is 23.0 Å². The number of nitrogens with zero attached hydrogens (tertiary/aromatic N) is 3. The molecule has 0 fully saturated rings. The Hall–Kier alpha value is -4.52. The van der Waals surface area contributed by atoms with Gasteiger partial charge in [-0.1, -0.05) is 35.9 Å². The lowest BCUT2D eigenvalue weighted by atomic mass is 10.1. The molecular weight excluding hydrogens is 426 g/mol. The Morgan fingerprint density at radius 2 is 1.82 bits per heavy atom. The van der Waals surface area contributed by atoms with E-state index in [1.165, 1.54) is 6.20 Å². The van der Waals surface area contributed by atoms with Crippen LogP contribution in [-0.4, -0.2) is 21.8 Å². The monoisotopic (exact) mass is 449 g/mol. The molecule has 2 N–H and O–H groups in total. The molecule has 0 aliphatic carbocycles. The minimum absolute atomic E-state index is 0.201. The third-order valence-corrected chi connectivity index (χ3v) is 5.81. The number of para-hydroxylation sites is 1. The van der Waals surface area contributed by atoms with Crippen LogP contribution < -0.4 is 15.5 Å². The van der Waals surface area contributed by atoms with Gasteiger partial charge in [-0.2, -0.15) is 0 Å². The summed E-state index contributed by atoms with van der Waals surface area (Å²) in [4.78, 5) is 36.6. The molecule has 0 spiro atoms. The molecule has 3 heterocycles. The van der Waals surface area contributed by atoms with Crippen LogP contribution in [0.1, 0.15) is 37.4 Å². The molecule has 0 saturated heterocycles. The van der Waals surface area contributed by atoms with Crippen LogP contribution in [-0.2, 0) is 6.54 Å². The van der Waals surface area contributed by atoms with Gasteiger partial charge in [-0.25, -0.2) is 9.97 Å². The second-order valence-electron chi connectivity index (χ2n) is 8.25. The molecule has 0 radical (unpaired) electrons. The molecule has 7 nitrogen and oxygen atoms in total. The molecule has 1 aliphatic rings. The van der Waals surface area contributed by atoms with Crippen molar-refractivity contribution in [2.24, 2.45) is 0 Å². The summed E-state index contributed by atoms with van der Waals surface area (Å²) in [5.74, 6) is 0.564. The highest BCUT2D eigenvalue weighted by Crippen LogP contribution is 2.34. The molecule has 0 unspecified atom stereocenters. The van der Waals surface area contributed by atoms with Crippen molar-refractivity contribution in [3.63, 3.8) is 0 Å². The molecule has 1 aliphatic heterocycles. The summed E-state index contributed by atoms with van der Waals surface area (Å²) in [5, 5.41) is 6.14. The summed E-state index contributed by atoms with van der Waals surface area (Å²) < 4.78 is 0. The number of aryl methyl sites for hydroxylation is 2. The van der Waals surface area contributed by atoms with E-state index in [2.05, 4.69) is 20.6 Å². The molecule has 168 valence electrons. The average molecular weight is 450 g/mol. The van der Waals surface area contributed by atoms with E-state index >= 15 is 0 Å². The first-order chi connectivity index (χ1) is 16.5. The lowest BCUT2D eigenvalue weighted by Crippen LogP contribution is -2.30. The molecular formula is C27H23N5O2. The van der Waals surface area contributed by atoms with Crippen molar-refractivity contribution < 1.29 is 9.59 Å². The zero-order valence-electron chi connectivity index (χ0n) is 18.9. The first-order valence-electron chi connectivity index (χ1n) is 11.0. The first-order valence-corrected chi connectivity index (χ1v) is 11.0. The highest BCUT2D eigenvalue weighted by Gasteiger charge is 2.25. The Balaban J connectivity index is 1.40. The highest BCUT2D eigenvalue weighted by molar-refractivity contribution is 6.08. The number of hydrogen-bond donors (Lipinski definition) is 2. The van der Waals surface area contributed by atoms with Crippen LogP contribution in [0.5, 0.6) is 0 Å². The summed E-state index contributed by atoms with van der Waals surface area (Å²) in [6.45, 7) is 4.23. The quantitative estimate of drug-likeness (QED) is 0.446. The van der Waals surface area contributed by atoms with Crippen molar-refractivity contribution in [3.05, 3.63) is 107 Å². The van der Waals surface area contributed by atoms with Crippen molar-refractivity contribution in [3.8, 4) is 0 Å². The number of fused-ring (bicyclic) bond motifs is 2. The van der Waals surface area contributed by atoms with Gasteiger partial charge in [0.05, 0.1) is 17.8 Å². The summed E-state index contributed by atoms with van der Waals surface area (Å²) >= 11 is 0. The normalized spacial score (nSPS) is 12.1. The van der Waals surface area contributed by atoms with Gasteiger partial charge in [0.1, 0.15) is 5.82 Å². The molecule has 7 heteroatoms. The Bertz CT molecular complexity index is 1400. The van der Waals surface area contributed by atoms with Crippen molar-refractivity contribution in [1.82, 2.24) is 9.97 Å². The molecule has 2 aromatic heterocycles. The van der Waals surface area contributed by atoms with Crippen molar-refractivity contribution in [2.75, 3.05) is 15.5 Å². The summed E-state index contributed by atoms with van der Waals surface area (Å²) in [7, 11) is 0. The van der Waals surface area contributed by atoms with E-state index < -0.39 is 0 Å². The number of amides is 2. The fourth-order valence-corrected chi connectivity index (χ4v) is 3.97. The Morgan fingerprint density at radius 3 is 2.65 bits per heavy atom. The van der Waals surface area contributed by atoms with Crippen molar-refractivity contribution in [1.29, 1.82) is 0 Å². The number of pyridine rings is 2. The first kappa shape index (κ1) is 21.3. The second-order valence-corrected chi connectivity index (χ2v) is 8.25. The van der Waals surface area contributed by atoms with E-state index in [0.29, 0.717) is 35.0 Å². The summed E-state index contributed by atoms with van der Waals surface area (Å²) in [5.41, 5.74) is 5.50. The van der Waals surface area contributed by atoms with Gasteiger partial charge in [0.25, 0.3) is 11.8 Å². The van der Waals surface area contributed by atoms with Crippen LogP contribution in [0.2, 0.25) is 0 Å². The van der Waals surface area contributed by atoms with Crippen molar-refractivity contribution in [2.45, 2.75) is 20.4 Å². The van der Waals surface area contributed by atoms with Gasteiger partial charge in [-0.05, 0) is 61.4 Å². The van der Waals surface area contributed by atoms with Gasteiger partial charge in [0, 0.05) is 23.6 Å². The largest absolute Gasteiger partial charge is 0.338 e. The molecule has 0 bridgehead atoms. The number of carbonyl (C=O) groups is 2. The maximum Gasteiger partial charge on any atom is 0.260 e. The SMILES string of the molecule is Cc1ccc(C)c(C(=O)Nc2ccc(C(=O)N3Cc4ccccc4Nc4ncccc43)cn2)c1. The molecule has 2 aromatic carbocycles. The van der Waals surface area contributed by atoms with Gasteiger partial charge < -0.3 is 15.5 Å². The molecule has 4 aromatic rings. The van der Waals surface area contributed by atoms with Gasteiger partial charge in [0.2, 0.25) is 0 Å². The minimum Gasteiger partial charge on any atom is -0.338 e. The molecule has 2 amide bonds. The molecule has 0 atom stereocenters.